The summed E-state index contributed by atoms with van der Waals surface area (Å²) in [7, 11) is 5.18. The van der Waals surface area contributed by atoms with Crippen LogP contribution in [0.3, 0.4) is 0 Å². The fourth-order valence-corrected chi connectivity index (χ4v) is 3.42. The van der Waals surface area contributed by atoms with Gasteiger partial charge in [0.1, 0.15) is 19.6 Å². The molecule has 0 aliphatic heterocycles. The predicted molar refractivity (Wildman–Crippen MR) is 109 cm³/mol. The molecule has 0 aliphatic carbocycles. The molecule has 1 unspecified atom stereocenters. The molecule has 1 heterocycles. The molecule has 0 fully saturated rings. The number of primary amides is 1. The van der Waals surface area contributed by atoms with Gasteiger partial charge in [0.2, 0.25) is 5.91 Å². The second-order valence-corrected chi connectivity index (χ2v) is 6.87. The number of nitrogens with zero attached hydrogens (tertiary/aromatic N) is 2. The first kappa shape index (κ1) is 20.3. The first-order valence-electron chi connectivity index (χ1n) is 9.22. The number of fused-ring (bicyclic) bond motifs is 1. The number of nitrogens with two attached hydrogens (primary N) is 1. The van der Waals surface area contributed by atoms with E-state index < -0.39 is 5.91 Å². The number of quaternary nitrogens is 1. The number of ether oxygens (including phenoxy) is 2. The van der Waals surface area contributed by atoms with Crippen LogP contribution in [0.1, 0.15) is 11.4 Å². The molecule has 3 N–H and O–H groups in total. The van der Waals surface area contributed by atoms with E-state index in [2.05, 4.69) is 4.98 Å². The van der Waals surface area contributed by atoms with Crippen LogP contribution in [0.15, 0.2) is 47.3 Å². The summed E-state index contributed by atoms with van der Waals surface area (Å²) in [5.41, 5.74) is 6.66. The van der Waals surface area contributed by atoms with Crippen LogP contribution in [0.25, 0.3) is 10.9 Å². The van der Waals surface area contributed by atoms with Crippen LogP contribution >= 0.6 is 0 Å². The Kier molecular flexibility index (Phi) is 6.13. The van der Waals surface area contributed by atoms with E-state index in [1.165, 1.54) is 4.57 Å². The maximum absolute atomic E-state index is 12.9. The van der Waals surface area contributed by atoms with Crippen LogP contribution in [0.4, 0.5) is 0 Å². The highest BCUT2D eigenvalue weighted by atomic mass is 16.5. The third-order valence-electron chi connectivity index (χ3n) is 4.69. The number of carbonyl (C=O) groups excluding carboxylic acids is 1. The minimum Gasteiger partial charge on any atom is -0.493 e. The maximum atomic E-state index is 12.9. The van der Waals surface area contributed by atoms with Gasteiger partial charge < -0.3 is 20.1 Å². The van der Waals surface area contributed by atoms with Crippen LogP contribution in [-0.2, 0) is 24.4 Å². The Balaban J connectivity index is 1.95. The number of aromatic nitrogens is 2. The molecule has 0 aliphatic rings. The third kappa shape index (κ3) is 4.38. The van der Waals surface area contributed by atoms with Crippen LogP contribution < -0.4 is 25.7 Å². The topological polar surface area (TPSA) is 101 Å². The predicted octanol–water partition coefficient (Wildman–Crippen LogP) is 0.114. The van der Waals surface area contributed by atoms with Gasteiger partial charge >= 0.3 is 0 Å². The summed E-state index contributed by atoms with van der Waals surface area (Å²) in [6.07, 6.45) is 0. The van der Waals surface area contributed by atoms with Crippen molar-refractivity contribution in [3.63, 3.8) is 0 Å². The average Bonchev–Trinajstić information content (AvgIpc) is 2.70. The number of carbonyl (C=O) groups is 1. The van der Waals surface area contributed by atoms with E-state index in [1.54, 1.807) is 32.4 Å². The molecule has 0 bridgehead atoms. The van der Waals surface area contributed by atoms with Gasteiger partial charge in [-0.25, -0.2) is 4.98 Å². The molecule has 29 heavy (non-hydrogen) atoms. The lowest BCUT2D eigenvalue weighted by Gasteiger charge is -2.19. The van der Waals surface area contributed by atoms with Crippen molar-refractivity contribution in [1.29, 1.82) is 0 Å². The number of hydrogen-bond acceptors (Lipinski definition) is 5. The van der Waals surface area contributed by atoms with Crippen molar-refractivity contribution in [2.24, 2.45) is 5.73 Å². The number of methoxy groups -OCH3 is 2. The van der Waals surface area contributed by atoms with Gasteiger partial charge in [-0.15, -0.1) is 0 Å². The highest BCUT2D eigenvalue weighted by molar-refractivity contribution is 5.78. The molecule has 152 valence electrons. The molecular weight excluding hydrogens is 372 g/mol. The Morgan fingerprint density at radius 2 is 1.86 bits per heavy atom. The molecular formula is C21H25N4O4+. The summed E-state index contributed by atoms with van der Waals surface area (Å²) in [4.78, 5) is 30.1. The number of amides is 1. The Labute approximate surface area is 168 Å². The van der Waals surface area contributed by atoms with E-state index in [0.29, 0.717) is 41.3 Å². The monoisotopic (exact) mass is 397 g/mol. The summed E-state index contributed by atoms with van der Waals surface area (Å²) in [6.45, 7) is 0.828. The first-order valence-corrected chi connectivity index (χ1v) is 9.22. The average molecular weight is 397 g/mol. The van der Waals surface area contributed by atoms with Gasteiger partial charge in [-0.2, -0.15) is 0 Å². The van der Waals surface area contributed by atoms with Crippen molar-refractivity contribution in [2.45, 2.75) is 19.6 Å². The summed E-state index contributed by atoms with van der Waals surface area (Å²) < 4.78 is 12.2. The summed E-state index contributed by atoms with van der Waals surface area (Å²) in [5, 5.41) is 0.463. The van der Waals surface area contributed by atoms with Crippen LogP contribution in [0.5, 0.6) is 11.5 Å². The molecule has 1 amide bonds. The fourth-order valence-electron chi connectivity index (χ4n) is 3.42. The van der Waals surface area contributed by atoms with Crippen molar-refractivity contribution in [1.82, 2.24) is 9.55 Å². The summed E-state index contributed by atoms with van der Waals surface area (Å²) in [6, 6.07) is 12.8. The van der Waals surface area contributed by atoms with Gasteiger partial charge in [-0.05, 0) is 24.3 Å². The van der Waals surface area contributed by atoms with Crippen LogP contribution in [0, 0.1) is 0 Å². The highest BCUT2D eigenvalue weighted by Crippen LogP contribution is 2.30. The second kappa shape index (κ2) is 8.74. The van der Waals surface area contributed by atoms with Crippen molar-refractivity contribution >= 4 is 16.8 Å². The molecule has 2 aromatic carbocycles. The van der Waals surface area contributed by atoms with E-state index in [1.807, 2.05) is 31.3 Å². The Bertz CT molecular complexity index is 1090. The number of hydrogen-bond donors (Lipinski definition) is 2. The number of para-hydroxylation sites is 2. The maximum Gasteiger partial charge on any atom is 0.262 e. The van der Waals surface area contributed by atoms with Gasteiger partial charge in [-0.3, -0.25) is 14.2 Å². The van der Waals surface area contributed by atoms with Gasteiger partial charge in [0.05, 0.1) is 37.7 Å². The number of rotatable bonds is 8. The largest absolute Gasteiger partial charge is 0.493 e. The quantitative estimate of drug-likeness (QED) is 0.562. The van der Waals surface area contributed by atoms with Gasteiger partial charge in [0, 0.05) is 0 Å². The Morgan fingerprint density at radius 1 is 1.10 bits per heavy atom. The normalized spacial score (nSPS) is 12.0. The molecule has 8 nitrogen and oxygen atoms in total. The summed E-state index contributed by atoms with van der Waals surface area (Å²) in [5.74, 6) is 1.26. The lowest BCUT2D eigenvalue weighted by atomic mass is 10.1. The Hall–Kier alpha value is -3.39. The van der Waals surface area contributed by atoms with E-state index in [-0.39, 0.29) is 12.1 Å². The van der Waals surface area contributed by atoms with Crippen LogP contribution in [0.2, 0.25) is 0 Å². The van der Waals surface area contributed by atoms with E-state index in [0.717, 1.165) is 10.5 Å². The molecule has 1 aromatic heterocycles. The second-order valence-electron chi connectivity index (χ2n) is 6.87. The summed E-state index contributed by atoms with van der Waals surface area (Å²) >= 11 is 0. The van der Waals surface area contributed by atoms with E-state index >= 15 is 0 Å². The molecule has 0 radical (unpaired) electrons. The lowest BCUT2D eigenvalue weighted by Crippen LogP contribution is -3.06. The first-order chi connectivity index (χ1) is 13.9. The van der Waals surface area contributed by atoms with Crippen molar-refractivity contribution in [2.75, 3.05) is 21.3 Å². The standard InChI is InChI=1S/C21H24N4O4/c1-24(11-14-7-6-10-17(28-2)20(14)29-3)13-19-23-16-9-5-4-8-15(16)21(27)25(19)12-18(22)26/h4-10H,11-13H2,1-3H3,(H2,22,26)/p+1. The zero-order valence-electron chi connectivity index (χ0n) is 16.8. The van der Waals surface area contributed by atoms with Crippen molar-refractivity contribution in [3.05, 3.63) is 64.2 Å². The SMILES string of the molecule is COc1cccc(C[NH+](C)Cc2nc3ccccc3c(=O)n2CC(N)=O)c1OC. The van der Waals surface area contributed by atoms with E-state index in [9.17, 15) is 9.59 Å². The highest BCUT2D eigenvalue weighted by Gasteiger charge is 2.18. The third-order valence-corrected chi connectivity index (χ3v) is 4.69. The minimum atomic E-state index is -0.586. The van der Waals surface area contributed by atoms with Gasteiger partial charge in [-0.1, -0.05) is 18.2 Å². The van der Waals surface area contributed by atoms with Crippen molar-refractivity contribution in [3.8, 4) is 11.5 Å². The zero-order valence-corrected chi connectivity index (χ0v) is 16.8. The molecule has 1 atom stereocenters. The molecule has 0 saturated heterocycles. The fraction of sp³-hybridized carbons (Fsp3) is 0.286. The molecule has 0 saturated carbocycles. The molecule has 0 spiro atoms. The number of benzene rings is 2. The van der Waals surface area contributed by atoms with Gasteiger partial charge in [0.15, 0.2) is 17.3 Å². The van der Waals surface area contributed by atoms with Gasteiger partial charge in [0.25, 0.3) is 5.56 Å². The number of nitrogens with one attached hydrogen (secondary N) is 1. The van der Waals surface area contributed by atoms with E-state index in [4.69, 9.17) is 15.2 Å². The smallest absolute Gasteiger partial charge is 0.262 e. The lowest BCUT2D eigenvalue weighted by molar-refractivity contribution is -0.908. The minimum absolute atomic E-state index is 0.207. The Morgan fingerprint density at radius 3 is 2.55 bits per heavy atom. The molecule has 8 heteroatoms. The van der Waals surface area contributed by atoms with Crippen molar-refractivity contribution < 1.29 is 19.2 Å². The zero-order chi connectivity index (χ0) is 21.0. The molecule has 3 aromatic rings. The van der Waals surface area contributed by atoms with Crippen LogP contribution in [-0.4, -0.2) is 36.7 Å². The molecule has 3 rings (SSSR count).